The summed E-state index contributed by atoms with van der Waals surface area (Å²) in [5.74, 6) is 0.156. The highest BCUT2D eigenvalue weighted by Gasteiger charge is 2.34. The molecule has 0 spiro atoms. The Morgan fingerprint density at radius 3 is 2.25 bits per heavy atom. The van der Waals surface area contributed by atoms with Crippen molar-refractivity contribution in [1.82, 2.24) is 4.90 Å². The molecular weight excluding hydrogens is 480 g/mol. The summed E-state index contributed by atoms with van der Waals surface area (Å²) in [6.07, 6.45) is 1.74. The molecule has 1 aliphatic rings. The molecule has 0 unspecified atom stereocenters. The van der Waals surface area contributed by atoms with Crippen molar-refractivity contribution in [2.75, 3.05) is 21.3 Å². The Morgan fingerprint density at radius 1 is 0.944 bits per heavy atom. The minimum atomic E-state index is -1.00. The van der Waals surface area contributed by atoms with Gasteiger partial charge < -0.3 is 19.3 Å². The number of carbonyl (C=O) groups excluding carboxylic acids is 1. The van der Waals surface area contributed by atoms with E-state index in [4.69, 9.17) is 19.2 Å². The number of amidine groups is 1. The van der Waals surface area contributed by atoms with Gasteiger partial charge in [-0.3, -0.25) is 9.69 Å². The van der Waals surface area contributed by atoms with Crippen molar-refractivity contribution < 1.29 is 28.9 Å². The van der Waals surface area contributed by atoms with E-state index < -0.39 is 5.97 Å². The Hall–Kier alpha value is -4.24. The van der Waals surface area contributed by atoms with Crippen LogP contribution < -0.4 is 14.2 Å². The van der Waals surface area contributed by atoms with Crippen molar-refractivity contribution in [1.29, 1.82) is 0 Å². The van der Waals surface area contributed by atoms with Crippen LogP contribution in [0.3, 0.4) is 0 Å². The van der Waals surface area contributed by atoms with Crippen LogP contribution in [0.2, 0.25) is 0 Å². The molecule has 1 amide bonds. The van der Waals surface area contributed by atoms with Gasteiger partial charge in [0.1, 0.15) is 0 Å². The molecule has 0 aliphatic carbocycles. The first-order valence-corrected chi connectivity index (χ1v) is 11.7. The van der Waals surface area contributed by atoms with E-state index in [1.807, 2.05) is 30.3 Å². The zero-order chi connectivity index (χ0) is 25.7. The number of para-hydroxylation sites is 1. The molecule has 184 valence electrons. The zero-order valence-electron chi connectivity index (χ0n) is 19.9. The van der Waals surface area contributed by atoms with Gasteiger partial charge in [-0.05, 0) is 59.8 Å². The summed E-state index contributed by atoms with van der Waals surface area (Å²) < 4.78 is 16.4. The molecule has 1 heterocycles. The van der Waals surface area contributed by atoms with Gasteiger partial charge in [-0.15, -0.1) is 0 Å². The maximum Gasteiger partial charge on any atom is 0.335 e. The number of carboxylic acid groups (broad SMARTS) is 1. The Labute approximate surface area is 212 Å². The Balaban J connectivity index is 1.73. The van der Waals surface area contributed by atoms with E-state index in [-0.39, 0.29) is 18.0 Å². The zero-order valence-corrected chi connectivity index (χ0v) is 20.7. The second-order valence-corrected chi connectivity index (χ2v) is 8.67. The van der Waals surface area contributed by atoms with Crippen molar-refractivity contribution in [2.24, 2.45) is 4.99 Å². The molecule has 3 aromatic rings. The Morgan fingerprint density at radius 2 is 1.64 bits per heavy atom. The summed E-state index contributed by atoms with van der Waals surface area (Å²) in [6.45, 7) is 0.234. The molecule has 0 bridgehead atoms. The van der Waals surface area contributed by atoms with Crippen LogP contribution in [0.25, 0.3) is 6.08 Å². The number of ether oxygens (including phenoxy) is 3. The third-order valence-electron chi connectivity index (χ3n) is 5.43. The lowest BCUT2D eigenvalue weighted by Crippen LogP contribution is -2.28. The molecule has 1 saturated heterocycles. The van der Waals surface area contributed by atoms with Crippen molar-refractivity contribution in [3.63, 3.8) is 0 Å². The maximum atomic E-state index is 13.5. The fraction of sp³-hybridized carbons (Fsp3) is 0.148. The summed E-state index contributed by atoms with van der Waals surface area (Å²) in [4.78, 5) is 31.5. The average molecular weight is 505 g/mol. The number of aliphatic imine (C=N–C) groups is 1. The van der Waals surface area contributed by atoms with Crippen LogP contribution >= 0.6 is 11.8 Å². The fourth-order valence-corrected chi connectivity index (χ4v) is 4.65. The molecule has 1 aliphatic heterocycles. The molecule has 0 saturated carbocycles. The van der Waals surface area contributed by atoms with E-state index in [2.05, 4.69) is 0 Å². The third kappa shape index (κ3) is 5.21. The predicted octanol–water partition coefficient (Wildman–Crippen LogP) is 5.21. The number of nitrogens with zero attached hydrogens (tertiary/aromatic N) is 2. The summed E-state index contributed by atoms with van der Waals surface area (Å²) in [6, 6.07) is 19.3. The number of amides is 1. The van der Waals surface area contributed by atoms with Crippen LogP contribution in [0.4, 0.5) is 5.69 Å². The van der Waals surface area contributed by atoms with Gasteiger partial charge in [0.25, 0.3) is 5.91 Å². The molecule has 3 aromatic carbocycles. The predicted molar refractivity (Wildman–Crippen MR) is 139 cm³/mol. The van der Waals surface area contributed by atoms with Gasteiger partial charge in [0.15, 0.2) is 16.7 Å². The molecule has 4 rings (SSSR count). The maximum absolute atomic E-state index is 13.5. The summed E-state index contributed by atoms with van der Waals surface area (Å²) >= 11 is 1.25. The molecule has 0 radical (unpaired) electrons. The van der Waals surface area contributed by atoms with Crippen molar-refractivity contribution >= 4 is 40.6 Å². The highest BCUT2D eigenvalue weighted by Crippen LogP contribution is 2.42. The fourth-order valence-electron chi connectivity index (χ4n) is 3.66. The SMILES string of the molecule is COc1ccc(/C=C2/SC(=Nc3ccccc3)N(Cc3ccc(C(=O)O)cc3)C2=O)c(OC)c1OC. The second-order valence-electron chi connectivity index (χ2n) is 7.66. The Bertz CT molecular complexity index is 1340. The molecule has 8 nitrogen and oxygen atoms in total. The topological polar surface area (TPSA) is 97.7 Å². The standard InChI is InChI=1S/C27H24N2O6S/c1-33-21-14-13-19(23(34-2)24(21)35-3)15-22-25(30)29(16-17-9-11-18(12-10-17)26(31)32)27(36-22)28-20-7-5-4-6-8-20/h4-15H,16H2,1-3H3,(H,31,32)/b22-15+,28-27?. The second kappa shape index (κ2) is 11.0. The Kier molecular flexibility index (Phi) is 7.60. The van der Waals surface area contributed by atoms with Gasteiger partial charge in [-0.25, -0.2) is 9.79 Å². The number of hydrogen-bond acceptors (Lipinski definition) is 7. The van der Waals surface area contributed by atoms with E-state index in [9.17, 15) is 14.7 Å². The lowest BCUT2D eigenvalue weighted by atomic mass is 10.1. The van der Waals surface area contributed by atoms with E-state index in [0.29, 0.717) is 38.6 Å². The first-order valence-electron chi connectivity index (χ1n) is 10.9. The number of benzene rings is 3. The van der Waals surface area contributed by atoms with Crippen molar-refractivity contribution in [3.05, 3.63) is 88.3 Å². The van der Waals surface area contributed by atoms with Gasteiger partial charge in [0.05, 0.1) is 44.0 Å². The minimum absolute atomic E-state index is 0.181. The number of rotatable bonds is 8. The number of carboxylic acids is 1. The van der Waals surface area contributed by atoms with E-state index in [1.54, 1.807) is 42.4 Å². The average Bonchev–Trinajstić information content (AvgIpc) is 3.17. The van der Waals surface area contributed by atoms with Crippen LogP contribution in [-0.2, 0) is 11.3 Å². The normalized spacial score (nSPS) is 15.4. The molecule has 36 heavy (non-hydrogen) atoms. The van der Waals surface area contributed by atoms with E-state index >= 15 is 0 Å². The first-order chi connectivity index (χ1) is 17.4. The summed E-state index contributed by atoms with van der Waals surface area (Å²) in [7, 11) is 4.59. The summed E-state index contributed by atoms with van der Waals surface area (Å²) in [5, 5.41) is 9.69. The van der Waals surface area contributed by atoms with Crippen LogP contribution in [-0.4, -0.2) is 48.4 Å². The monoisotopic (exact) mass is 504 g/mol. The smallest absolute Gasteiger partial charge is 0.335 e. The number of thioether (sulfide) groups is 1. The lowest BCUT2D eigenvalue weighted by Gasteiger charge is -2.16. The number of hydrogen-bond donors (Lipinski definition) is 1. The molecule has 1 fully saturated rings. The van der Waals surface area contributed by atoms with Gasteiger partial charge >= 0.3 is 5.97 Å². The molecule has 1 N–H and O–H groups in total. The van der Waals surface area contributed by atoms with E-state index in [1.165, 1.54) is 38.1 Å². The van der Waals surface area contributed by atoms with Gasteiger partial charge in [0, 0.05) is 5.56 Å². The van der Waals surface area contributed by atoms with Crippen LogP contribution in [0, 0.1) is 0 Å². The van der Waals surface area contributed by atoms with Crippen LogP contribution in [0.1, 0.15) is 21.5 Å². The molecule has 0 atom stereocenters. The highest BCUT2D eigenvalue weighted by atomic mass is 32.2. The van der Waals surface area contributed by atoms with Gasteiger partial charge in [0.2, 0.25) is 5.75 Å². The number of carbonyl (C=O) groups is 2. The third-order valence-corrected chi connectivity index (χ3v) is 6.44. The van der Waals surface area contributed by atoms with E-state index in [0.717, 1.165) is 5.56 Å². The molecule has 0 aromatic heterocycles. The van der Waals surface area contributed by atoms with Crippen molar-refractivity contribution in [2.45, 2.75) is 6.54 Å². The number of aromatic carboxylic acids is 1. The largest absolute Gasteiger partial charge is 0.493 e. The van der Waals surface area contributed by atoms with Gasteiger partial charge in [-0.2, -0.15) is 0 Å². The summed E-state index contributed by atoms with van der Waals surface area (Å²) in [5.41, 5.74) is 2.32. The van der Waals surface area contributed by atoms with Crippen LogP contribution in [0.15, 0.2) is 76.6 Å². The minimum Gasteiger partial charge on any atom is -0.493 e. The van der Waals surface area contributed by atoms with Gasteiger partial charge in [-0.1, -0.05) is 30.3 Å². The first kappa shape index (κ1) is 24.9. The molecule has 9 heteroatoms. The van der Waals surface area contributed by atoms with Crippen molar-refractivity contribution in [3.8, 4) is 17.2 Å². The van der Waals surface area contributed by atoms with Crippen LogP contribution in [0.5, 0.6) is 17.2 Å². The highest BCUT2D eigenvalue weighted by molar-refractivity contribution is 8.18. The molecular formula is C27H24N2O6S. The quantitative estimate of drug-likeness (QED) is 0.420. The number of methoxy groups -OCH3 is 3. The lowest BCUT2D eigenvalue weighted by molar-refractivity contribution is -0.122.